The predicted octanol–water partition coefficient (Wildman–Crippen LogP) is 0.895. The topological polar surface area (TPSA) is 38.3 Å². The molecule has 0 aromatic heterocycles. The molecule has 0 aliphatic heterocycles. The van der Waals surface area contributed by atoms with E-state index in [0.717, 1.165) is 0 Å². The van der Waals surface area contributed by atoms with Gasteiger partial charge in [0.25, 0.3) is 0 Å². The molecule has 0 aliphatic carbocycles. The van der Waals surface area contributed by atoms with Gasteiger partial charge in [-0.3, -0.25) is 4.79 Å². The van der Waals surface area contributed by atoms with Crippen LogP contribution in [0.2, 0.25) is 0 Å². The van der Waals surface area contributed by atoms with Gasteiger partial charge in [-0.25, -0.2) is 0 Å². The molecule has 0 bridgehead atoms. The van der Waals surface area contributed by atoms with Crippen molar-refractivity contribution in [3.05, 3.63) is 0 Å². The van der Waals surface area contributed by atoms with Gasteiger partial charge in [-0.05, 0) is 13.8 Å². The molecule has 0 rings (SSSR count). The third-order valence-electron chi connectivity index (χ3n) is 1.01. The number of carbonyl (C=O) groups is 1. The van der Waals surface area contributed by atoms with Crippen molar-refractivity contribution in [1.29, 1.82) is 0 Å². The van der Waals surface area contributed by atoms with Gasteiger partial charge in [0.2, 0.25) is 5.91 Å². The van der Waals surface area contributed by atoms with Crippen molar-refractivity contribution in [2.24, 2.45) is 0 Å². The van der Waals surface area contributed by atoms with Crippen LogP contribution in [-0.4, -0.2) is 18.7 Å². The maximum Gasteiger partial charge on any atom is 0.221 e. The molecular weight excluding hydrogens is 130 g/mol. The Kier molecular flexibility index (Phi) is 4.94. The van der Waals surface area contributed by atoms with Gasteiger partial charge < -0.3 is 10.1 Å². The second-order valence-electron chi connectivity index (χ2n) is 2.31. The SMILES string of the molecule is CCC(=O)NCOC(C)C. The minimum atomic E-state index is 0.0284. The molecule has 0 saturated carbocycles. The first-order chi connectivity index (χ1) is 4.66. The highest BCUT2D eigenvalue weighted by molar-refractivity contribution is 5.75. The van der Waals surface area contributed by atoms with Crippen molar-refractivity contribution in [3.8, 4) is 0 Å². The fraction of sp³-hybridized carbons (Fsp3) is 0.857. The Balaban J connectivity index is 3.12. The highest BCUT2D eigenvalue weighted by Gasteiger charge is 1.95. The zero-order valence-electron chi connectivity index (χ0n) is 6.81. The molecule has 1 N–H and O–H groups in total. The number of nitrogens with one attached hydrogen (secondary N) is 1. The summed E-state index contributed by atoms with van der Waals surface area (Å²) in [6.07, 6.45) is 0.693. The van der Waals surface area contributed by atoms with Gasteiger partial charge in [0, 0.05) is 6.42 Å². The first-order valence-electron chi connectivity index (χ1n) is 3.55. The maximum atomic E-state index is 10.6. The van der Waals surface area contributed by atoms with Crippen LogP contribution in [0.15, 0.2) is 0 Å². The molecule has 60 valence electrons. The summed E-state index contributed by atoms with van der Waals surface area (Å²) in [5, 5.41) is 2.60. The third kappa shape index (κ3) is 5.56. The summed E-state index contributed by atoms with van der Waals surface area (Å²) in [4.78, 5) is 10.6. The zero-order chi connectivity index (χ0) is 7.98. The molecule has 3 nitrogen and oxygen atoms in total. The molecule has 0 aliphatic rings. The minimum Gasteiger partial charge on any atom is -0.359 e. The standard InChI is InChI=1S/C7H15NO2/c1-4-7(9)8-5-10-6(2)3/h6H,4-5H2,1-3H3,(H,8,9). The molecule has 10 heavy (non-hydrogen) atoms. The average Bonchev–Trinajstić information content (AvgIpc) is 1.87. The zero-order valence-corrected chi connectivity index (χ0v) is 6.81. The van der Waals surface area contributed by atoms with Gasteiger partial charge in [-0.1, -0.05) is 6.92 Å². The molecule has 0 atom stereocenters. The van der Waals surface area contributed by atoms with Gasteiger partial charge in [0.05, 0.1) is 6.10 Å². The van der Waals surface area contributed by atoms with E-state index in [1.807, 2.05) is 20.8 Å². The first kappa shape index (κ1) is 9.43. The second-order valence-corrected chi connectivity index (χ2v) is 2.31. The van der Waals surface area contributed by atoms with Crippen molar-refractivity contribution < 1.29 is 9.53 Å². The lowest BCUT2D eigenvalue weighted by Crippen LogP contribution is -2.26. The second kappa shape index (κ2) is 5.23. The van der Waals surface area contributed by atoms with Crippen molar-refractivity contribution in [3.63, 3.8) is 0 Å². The van der Waals surface area contributed by atoms with Crippen LogP contribution in [0, 0.1) is 0 Å². The van der Waals surface area contributed by atoms with Crippen LogP contribution in [0.4, 0.5) is 0 Å². The van der Waals surface area contributed by atoms with Gasteiger partial charge >= 0.3 is 0 Å². The highest BCUT2D eigenvalue weighted by Crippen LogP contribution is 1.84. The lowest BCUT2D eigenvalue weighted by Gasteiger charge is -2.07. The monoisotopic (exact) mass is 145 g/mol. The van der Waals surface area contributed by atoms with Crippen molar-refractivity contribution in [2.75, 3.05) is 6.73 Å². The van der Waals surface area contributed by atoms with E-state index in [0.29, 0.717) is 13.2 Å². The molecule has 3 heteroatoms. The van der Waals surface area contributed by atoms with Crippen LogP contribution >= 0.6 is 0 Å². The summed E-state index contributed by atoms with van der Waals surface area (Å²) >= 11 is 0. The van der Waals surface area contributed by atoms with Crippen molar-refractivity contribution in [1.82, 2.24) is 5.32 Å². The van der Waals surface area contributed by atoms with Crippen molar-refractivity contribution >= 4 is 5.91 Å². The average molecular weight is 145 g/mol. The molecular formula is C7H15NO2. The lowest BCUT2D eigenvalue weighted by atomic mass is 10.5. The van der Waals surface area contributed by atoms with Crippen LogP contribution in [0.5, 0.6) is 0 Å². The number of amides is 1. The molecule has 0 aromatic rings. The van der Waals surface area contributed by atoms with Gasteiger partial charge in [0.15, 0.2) is 0 Å². The Labute approximate surface area is 61.8 Å². The summed E-state index contributed by atoms with van der Waals surface area (Å²) in [5.74, 6) is 0.0284. The summed E-state index contributed by atoms with van der Waals surface area (Å²) in [5.41, 5.74) is 0. The Morgan fingerprint density at radius 1 is 1.60 bits per heavy atom. The van der Waals surface area contributed by atoms with E-state index in [1.165, 1.54) is 0 Å². The third-order valence-corrected chi connectivity index (χ3v) is 1.01. The summed E-state index contributed by atoms with van der Waals surface area (Å²) in [6.45, 7) is 5.99. The van der Waals surface area contributed by atoms with Crippen LogP contribution < -0.4 is 5.32 Å². The highest BCUT2D eigenvalue weighted by atomic mass is 16.5. The number of hydrogen-bond donors (Lipinski definition) is 1. The Hall–Kier alpha value is -0.570. The van der Waals surface area contributed by atoms with E-state index in [2.05, 4.69) is 5.32 Å². The smallest absolute Gasteiger partial charge is 0.221 e. The Morgan fingerprint density at radius 2 is 2.20 bits per heavy atom. The molecule has 1 amide bonds. The van der Waals surface area contributed by atoms with E-state index in [1.54, 1.807) is 0 Å². The lowest BCUT2D eigenvalue weighted by molar-refractivity contribution is -0.122. The van der Waals surface area contributed by atoms with Gasteiger partial charge in [0.1, 0.15) is 6.73 Å². The Morgan fingerprint density at radius 3 is 2.60 bits per heavy atom. The van der Waals surface area contributed by atoms with E-state index >= 15 is 0 Å². The molecule has 0 aromatic carbocycles. The summed E-state index contributed by atoms with van der Waals surface area (Å²) in [6, 6.07) is 0. The maximum absolute atomic E-state index is 10.6. The molecule has 0 unspecified atom stereocenters. The van der Waals surface area contributed by atoms with E-state index in [9.17, 15) is 4.79 Å². The molecule has 0 radical (unpaired) electrons. The number of carbonyl (C=O) groups excluding carboxylic acids is 1. The van der Waals surface area contributed by atoms with Gasteiger partial charge in [-0.15, -0.1) is 0 Å². The predicted molar refractivity (Wildman–Crippen MR) is 39.5 cm³/mol. The van der Waals surface area contributed by atoms with Crippen LogP contribution in [0.3, 0.4) is 0 Å². The summed E-state index contributed by atoms with van der Waals surface area (Å²) in [7, 11) is 0. The molecule has 0 heterocycles. The number of ether oxygens (including phenoxy) is 1. The van der Waals surface area contributed by atoms with E-state index in [4.69, 9.17) is 4.74 Å². The number of rotatable bonds is 4. The van der Waals surface area contributed by atoms with Crippen LogP contribution in [-0.2, 0) is 9.53 Å². The molecule has 0 spiro atoms. The van der Waals surface area contributed by atoms with Crippen LogP contribution in [0.1, 0.15) is 27.2 Å². The molecule has 0 fully saturated rings. The fourth-order valence-corrected chi connectivity index (χ4v) is 0.414. The van der Waals surface area contributed by atoms with Gasteiger partial charge in [-0.2, -0.15) is 0 Å². The van der Waals surface area contributed by atoms with Crippen molar-refractivity contribution in [2.45, 2.75) is 33.3 Å². The van der Waals surface area contributed by atoms with E-state index < -0.39 is 0 Å². The summed E-state index contributed by atoms with van der Waals surface area (Å²) < 4.78 is 5.08. The minimum absolute atomic E-state index is 0.0284. The van der Waals surface area contributed by atoms with Crippen LogP contribution in [0.25, 0.3) is 0 Å². The fourth-order valence-electron chi connectivity index (χ4n) is 0.414. The normalized spacial score (nSPS) is 10.0. The first-order valence-corrected chi connectivity index (χ1v) is 3.55. The Bertz CT molecular complexity index is 102. The van der Waals surface area contributed by atoms with E-state index in [-0.39, 0.29) is 12.0 Å². The number of hydrogen-bond acceptors (Lipinski definition) is 2. The largest absolute Gasteiger partial charge is 0.359 e. The quantitative estimate of drug-likeness (QED) is 0.597. The molecule has 0 saturated heterocycles.